The lowest BCUT2D eigenvalue weighted by atomic mass is 10.2. The molecule has 0 aliphatic carbocycles. The third-order valence-electron chi connectivity index (χ3n) is 1.99. The van der Waals surface area contributed by atoms with Gasteiger partial charge in [0.15, 0.2) is 0 Å². The Balaban J connectivity index is 2.65. The smallest absolute Gasteiger partial charge is 0.126 e. The van der Waals surface area contributed by atoms with Gasteiger partial charge in [0.05, 0.1) is 11.6 Å². The summed E-state index contributed by atoms with van der Waals surface area (Å²) in [6, 6.07) is 5.51. The molecule has 0 saturated heterocycles. The predicted molar refractivity (Wildman–Crippen MR) is 60.1 cm³/mol. The lowest BCUT2D eigenvalue weighted by molar-refractivity contribution is 0.752. The lowest BCUT2D eigenvalue weighted by Gasteiger charge is -2.12. The molecule has 0 aliphatic rings. The van der Waals surface area contributed by atoms with E-state index < -0.39 is 0 Å². The van der Waals surface area contributed by atoms with E-state index in [4.69, 9.17) is 11.7 Å². The topological polar surface area (TPSA) is 48.7 Å². The van der Waals surface area contributed by atoms with Crippen LogP contribution >= 0.6 is 0 Å². The van der Waals surface area contributed by atoms with Gasteiger partial charge in [-0.15, -0.1) is 6.42 Å². The molecule has 1 N–H and O–H groups in total. The average molecular weight is 199 g/mol. The Morgan fingerprint density at radius 1 is 1.60 bits per heavy atom. The quantitative estimate of drug-likeness (QED) is 0.756. The van der Waals surface area contributed by atoms with Crippen molar-refractivity contribution in [2.45, 2.75) is 25.8 Å². The summed E-state index contributed by atoms with van der Waals surface area (Å²) in [4.78, 5) is 4.09. The molecule has 1 unspecified atom stereocenters. The Morgan fingerprint density at radius 2 is 2.40 bits per heavy atom. The monoisotopic (exact) mass is 199 g/mol. The van der Waals surface area contributed by atoms with E-state index in [0.29, 0.717) is 11.4 Å². The first-order chi connectivity index (χ1) is 7.30. The highest BCUT2D eigenvalue weighted by Crippen LogP contribution is 2.08. The summed E-state index contributed by atoms with van der Waals surface area (Å²) >= 11 is 0. The second-order valence-corrected chi connectivity index (χ2v) is 3.20. The van der Waals surface area contributed by atoms with Gasteiger partial charge >= 0.3 is 0 Å². The molecule has 1 aromatic rings. The molecule has 0 radical (unpaired) electrons. The summed E-state index contributed by atoms with van der Waals surface area (Å²) in [5, 5.41) is 11.7. The molecular formula is C12H13N3. The van der Waals surface area contributed by atoms with Crippen molar-refractivity contribution in [2.75, 3.05) is 5.32 Å². The highest BCUT2D eigenvalue weighted by Gasteiger charge is 2.03. The highest BCUT2D eigenvalue weighted by molar-refractivity contribution is 5.41. The zero-order chi connectivity index (χ0) is 11.1. The Hall–Kier alpha value is -2.00. The lowest BCUT2D eigenvalue weighted by Crippen LogP contribution is -2.17. The molecule has 0 fully saturated rings. The fraction of sp³-hybridized carbons (Fsp3) is 0.333. The Bertz CT molecular complexity index is 381. The van der Waals surface area contributed by atoms with Gasteiger partial charge in [0.25, 0.3) is 0 Å². The van der Waals surface area contributed by atoms with Crippen LogP contribution in [0.1, 0.15) is 25.3 Å². The van der Waals surface area contributed by atoms with Crippen molar-refractivity contribution < 1.29 is 0 Å². The summed E-state index contributed by atoms with van der Waals surface area (Å²) in [6.45, 7) is 2.08. The van der Waals surface area contributed by atoms with Crippen LogP contribution in [0, 0.1) is 23.7 Å². The van der Waals surface area contributed by atoms with Gasteiger partial charge in [-0.3, -0.25) is 0 Å². The minimum atomic E-state index is 0.00966. The van der Waals surface area contributed by atoms with Gasteiger partial charge in [0.1, 0.15) is 11.9 Å². The van der Waals surface area contributed by atoms with Crippen LogP contribution in [0.2, 0.25) is 0 Å². The number of aromatic nitrogens is 1. The van der Waals surface area contributed by atoms with E-state index >= 15 is 0 Å². The average Bonchev–Trinajstić information content (AvgIpc) is 2.29. The van der Waals surface area contributed by atoms with Crippen LogP contribution < -0.4 is 5.32 Å². The van der Waals surface area contributed by atoms with Crippen LogP contribution in [-0.4, -0.2) is 11.0 Å². The van der Waals surface area contributed by atoms with Gasteiger partial charge in [-0.05, 0) is 18.6 Å². The van der Waals surface area contributed by atoms with Gasteiger partial charge in [-0.2, -0.15) is 5.26 Å². The van der Waals surface area contributed by atoms with Gasteiger partial charge < -0.3 is 5.32 Å². The van der Waals surface area contributed by atoms with Crippen LogP contribution in [0.4, 0.5) is 5.82 Å². The normalized spacial score (nSPS) is 11.1. The van der Waals surface area contributed by atoms with Crippen LogP contribution in [0.15, 0.2) is 18.3 Å². The van der Waals surface area contributed by atoms with Crippen LogP contribution in [-0.2, 0) is 0 Å². The van der Waals surface area contributed by atoms with E-state index in [2.05, 4.69) is 23.1 Å². The number of rotatable bonds is 4. The maximum atomic E-state index is 8.60. The van der Waals surface area contributed by atoms with Crippen molar-refractivity contribution >= 4 is 5.82 Å². The minimum absolute atomic E-state index is 0.00966. The molecule has 15 heavy (non-hydrogen) atoms. The largest absolute Gasteiger partial charge is 0.356 e. The predicted octanol–water partition coefficient (Wildman–Crippen LogP) is 2.17. The van der Waals surface area contributed by atoms with Gasteiger partial charge in [0.2, 0.25) is 0 Å². The molecule has 0 saturated carbocycles. The first kappa shape index (κ1) is 11.1. The van der Waals surface area contributed by atoms with Crippen molar-refractivity contribution in [2.24, 2.45) is 0 Å². The summed E-state index contributed by atoms with van der Waals surface area (Å²) < 4.78 is 0. The molecular weight excluding hydrogens is 186 g/mol. The second-order valence-electron chi connectivity index (χ2n) is 3.20. The molecule has 0 aliphatic heterocycles. The molecule has 1 atom stereocenters. The fourth-order valence-corrected chi connectivity index (χ4v) is 1.21. The molecule has 0 bridgehead atoms. The van der Waals surface area contributed by atoms with Crippen LogP contribution in [0.3, 0.4) is 0 Å². The number of nitriles is 1. The first-order valence-corrected chi connectivity index (χ1v) is 4.89. The summed E-state index contributed by atoms with van der Waals surface area (Å²) in [5.41, 5.74) is 0.549. The number of pyridine rings is 1. The van der Waals surface area contributed by atoms with E-state index in [-0.39, 0.29) is 6.04 Å². The number of hydrogen-bond donors (Lipinski definition) is 1. The molecule has 76 valence electrons. The molecule has 1 aromatic heterocycles. The molecule has 0 amide bonds. The number of nitrogens with one attached hydrogen (secondary N) is 1. The van der Waals surface area contributed by atoms with Crippen molar-refractivity contribution in [3.05, 3.63) is 23.9 Å². The highest BCUT2D eigenvalue weighted by atomic mass is 15.0. The molecule has 0 aromatic carbocycles. The van der Waals surface area contributed by atoms with Gasteiger partial charge in [-0.1, -0.05) is 19.3 Å². The first-order valence-electron chi connectivity index (χ1n) is 4.89. The van der Waals surface area contributed by atoms with E-state index in [1.165, 1.54) is 6.20 Å². The van der Waals surface area contributed by atoms with Crippen molar-refractivity contribution in [3.8, 4) is 18.4 Å². The number of hydrogen-bond acceptors (Lipinski definition) is 3. The van der Waals surface area contributed by atoms with E-state index in [1.807, 2.05) is 6.07 Å². The number of nitrogens with zero attached hydrogens (tertiary/aromatic N) is 2. The second kappa shape index (κ2) is 5.67. The third-order valence-corrected chi connectivity index (χ3v) is 1.99. The zero-order valence-corrected chi connectivity index (χ0v) is 8.70. The molecule has 1 heterocycles. The zero-order valence-electron chi connectivity index (χ0n) is 8.70. The van der Waals surface area contributed by atoms with Crippen LogP contribution in [0.5, 0.6) is 0 Å². The van der Waals surface area contributed by atoms with Gasteiger partial charge in [-0.25, -0.2) is 4.98 Å². The Kier molecular flexibility index (Phi) is 4.19. The van der Waals surface area contributed by atoms with Crippen molar-refractivity contribution in [1.29, 1.82) is 5.26 Å². The van der Waals surface area contributed by atoms with E-state index in [1.54, 1.807) is 12.1 Å². The Morgan fingerprint density at radius 3 is 2.87 bits per heavy atom. The number of terminal acetylenes is 1. The van der Waals surface area contributed by atoms with Crippen molar-refractivity contribution in [3.63, 3.8) is 0 Å². The standard InChI is InChI=1S/C12H13N3/c1-3-5-11(4-2)15-12-7-6-10(8-13)9-14-12/h2,6-7,9,11H,3,5H2,1H3,(H,14,15). The van der Waals surface area contributed by atoms with E-state index in [0.717, 1.165) is 12.8 Å². The fourth-order valence-electron chi connectivity index (χ4n) is 1.21. The van der Waals surface area contributed by atoms with E-state index in [9.17, 15) is 0 Å². The molecule has 3 nitrogen and oxygen atoms in total. The van der Waals surface area contributed by atoms with Crippen LogP contribution in [0.25, 0.3) is 0 Å². The van der Waals surface area contributed by atoms with Gasteiger partial charge in [0, 0.05) is 6.20 Å². The summed E-state index contributed by atoms with van der Waals surface area (Å²) in [6.07, 6.45) is 8.84. The van der Waals surface area contributed by atoms with Crippen molar-refractivity contribution in [1.82, 2.24) is 4.98 Å². The minimum Gasteiger partial charge on any atom is -0.356 e. The summed E-state index contributed by atoms with van der Waals surface area (Å²) in [5.74, 6) is 3.38. The number of anilines is 1. The maximum absolute atomic E-state index is 8.60. The molecule has 1 rings (SSSR count). The maximum Gasteiger partial charge on any atom is 0.126 e. The Labute approximate surface area is 90.1 Å². The SMILES string of the molecule is C#CC(CCC)Nc1ccc(C#N)cn1. The molecule has 3 heteroatoms. The molecule has 0 spiro atoms. The third kappa shape index (κ3) is 3.32. The summed E-state index contributed by atoms with van der Waals surface area (Å²) in [7, 11) is 0.